The molecule has 0 N–H and O–H groups in total. The summed E-state index contributed by atoms with van der Waals surface area (Å²) in [7, 11) is 0. The highest BCUT2D eigenvalue weighted by Crippen LogP contribution is 2.37. The molecule has 3 rings (SSSR count). The average molecular weight is 333 g/mol. The summed E-state index contributed by atoms with van der Waals surface area (Å²) >= 11 is -2.59. The fourth-order valence-electron chi connectivity index (χ4n) is 2.57. The van der Waals surface area contributed by atoms with Crippen LogP contribution in [0.15, 0.2) is 42.5 Å². The monoisotopic (exact) mass is 333 g/mol. The van der Waals surface area contributed by atoms with Crippen LogP contribution in [0, 0.1) is 0 Å². The van der Waals surface area contributed by atoms with Crippen LogP contribution >= 0.6 is 0 Å². The van der Waals surface area contributed by atoms with Crippen molar-refractivity contribution in [2.75, 3.05) is 6.61 Å². The molecule has 1 heterocycles. The van der Waals surface area contributed by atoms with Crippen molar-refractivity contribution >= 4 is 11.4 Å². The maximum absolute atomic E-state index is 10.8. The Morgan fingerprint density at radius 2 is 2.09 bits per heavy atom. The molecule has 2 unspecified atom stereocenters. The molecule has 23 heavy (non-hydrogen) atoms. The molecular formula is C17H17O5S-. The first-order valence-electron chi connectivity index (χ1n) is 7.36. The maximum atomic E-state index is 10.8. The second-order valence-electron chi connectivity index (χ2n) is 5.31. The zero-order valence-electron chi connectivity index (χ0n) is 12.7. The molecule has 2 aromatic rings. The molecule has 0 aliphatic carbocycles. The molecule has 2 atom stereocenters. The molecule has 122 valence electrons. The Morgan fingerprint density at radius 3 is 2.83 bits per heavy atom. The summed E-state index contributed by atoms with van der Waals surface area (Å²) in [6.45, 7) is 2.70. The van der Waals surface area contributed by atoms with Gasteiger partial charge in [0.1, 0.15) is 18.1 Å². The molecule has 0 aromatic heterocycles. The first-order valence-corrected chi connectivity index (χ1v) is 8.36. The lowest BCUT2D eigenvalue weighted by Crippen LogP contribution is -2.06. The Labute approximate surface area is 137 Å². The molecule has 0 amide bonds. The fourth-order valence-corrected chi connectivity index (χ4v) is 2.91. The zero-order chi connectivity index (χ0) is 16.2. The van der Waals surface area contributed by atoms with Crippen LogP contribution in [-0.4, -0.2) is 15.4 Å². The molecule has 6 heteroatoms. The van der Waals surface area contributed by atoms with Gasteiger partial charge in [0.2, 0.25) is 0 Å². The van der Waals surface area contributed by atoms with Gasteiger partial charge in [0.15, 0.2) is 0 Å². The van der Waals surface area contributed by atoms with Crippen molar-refractivity contribution in [2.24, 2.45) is 0 Å². The molecule has 0 radical (unpaired) electrons. The van der Waals surface area contributed by atoms with Gasteiger partial charge in [0.25, 0.3) is 0 Å². The topological polar surface area (TPSA) is 67.8 Å². The molecule has 0 saturated heterocycles. The van der Waals surface area contributed by atoms with Crippen molar-refractivity contribution in [1.29, 1.82) is 0 Å². The molecule has 0 fully saturated rings. The van der Waals surface area contributed by atoms with Crippen LogP contribution in [0.25, 0.3) is 0 Å². The lowest BCUT2D eigenvalue weighted by molar-refractivity contribution is 0.212. The van der Waals surface area contributed by atoms with E-state index in [1.807, 2.05) is 36.4 Å². The smallest absolute Gasteiger partial charge is 0.126 e. The minimum absolute atomic E-state index is 0.403. The van der Waals surface area contributed by atoms with E-state index >= 15 is 0 Å². The molecule has 5 nitrogen and oxygen atoms in total. The van der Waals surface area contributed by atoms with E-state index in [1.54, 1.807) is 13.0 Å². The van der Waals surface area contributed by atoms with Crippen molar-refractivity contribution < 1.29 is 22.4 Å². The van der Waals surface area contributed by atoms with Gasteiger partial charge in [0, 0.05) is 17.5 Å². The highest BCUT2D eigenvalue weighted by molar-refractivity contribution is 7.74. The zero-order valence-corrected chi connectivity index (χ0v) is 13.5. The highest BCUT2D eigenvalue weighted by atomic mass is 32.2. The number of hydrogen-bond donors (Lipinski definition) is 0. The fraction of sp³-hybridized carbons (Fsp3) is 0.294. The number of rotatable bonds is 6. The van der Waals surface area contributed by atoms with Gasteiger partial charge in [-0.3, -0.25) is 4.18 Å². The van der Waals surface area contributed by atoms with E-state index < -0.39 is 17.5 Å². The quantitative estimate of drug-likeness (QED) is 0.760. The lowest BCUT2D eigenvalue weighted by Gasteiger charge is -2.19. The van der Waals surface area contributed by atoms with Crippen LogP contribution in [0.4, 0.5) is 0 Å². The van der Waals surface area contributed by atoms with E-state index in [-0.39, 0.29) is 0 Å². The van der Waals surface area contributed by atoms with Crippen molar-refractivity contribution in [1.82, 2.24) is 0 Å². The first-order chi connectivity index (χ1) is 11.1. The number of fused-ring (bicyclic) bond motifs is 1. The number of ether oxygens (including phenoxy) is 2. The van der Waals surface area contributed by atoms with Crippen molar-refractivity contribution in [3.63, 3.8) is 0 Å². The van der Waals surface area contributed by atoms with E-state index in [0.29, 0.717) is 24.5 Å². The van der Waals surface area contributed by atoms with Gasteiger partial charge in [-0.2, -0.15) is 0 Å². The van der Waals surface area contributed by atoms with Gasteiger partial charge >= 0.3 is 0 Å². The minimum Gasteiger partial charge on any atom is -0.750 e. The predicted molar refractivity (Wildman–Crippen MR) is 84.8 cm³/mol. The standard InChI is InChI=1S/C17H18O5S/c1-12(22-23(18)19)15-10-16-14(7-8-20-16)9-17(15)21-11-13-5-3-2-4-6-13/h2-6,9-10,12H,7-8,11H2,1H3,(H,18,19)/p-1. The van der Waals surface area contributed by atoms with Crippen LogP contribution in [0.1, 0.15) is 29.7 Å². The second kappa shape index (κ2) is 7.12. The molecular weight excluding hydrogens is 316 g/mol. The van der Waals surface area contributed by atoms with Gasteiger partial charge in [-0.15, -0.1) is 0 Å². The van der Waals surface area contributed by atoms with Crippen LogP contribution in [0.2, 0.25) is 0 Å². The highest BCUT2D eigenvalue weighted by Gasteiger charge is 2.21. The van der Waals surface area contributed by atoms with E-state index in [0.717, 1.165) is 23.3 Å². The van der Waals surface area contributed by atoms with Gasteiger partial charge in [-0.05, 0) is 24.6 Å². The molecule has 2 aromatic carbocycles. The Hall–Kier alpha value is -1.89. The van der Waals surface area contributed by atoms with Gasteiger partial charge in [-0.25, -0.2) is 4.21 Å². The normalized spacial score (nSPS) is 15.6. The molecule has 1 aliphatic rings. The van der Waals surface area contributed by atoms with E-state index in [1.165, 1.54) is 0 Å². The molecule has 0 spiro atoms. The Balaban J connectivity index is 1.86. The summed E-state index contributed by atoms with van der Waals surface area (Å²) in [6.07, 6.45) is 0.175. The summed E-state index contributed by atoms with van der Waals surface area (Å²) in [4.78, 5) is 0. The van der Waals surface area contributed by atoms with Gasteiger partial charge in [-0.1, -0.05) is 30.3 Å². The summed E-state index contributed by atoms with van der Waals surface area (Å²) in [6, 6.07) is 13.5. The Bertz CT molecular complexity index is 702. The van der Waals surface area contributed by atoms with Gasteiger partial charge < -0.3 is 14.0 Å². The third-order valence-electron chi connectivity index (χ3n) is 3.72. The molecule has 1 aliphatic heterocycles. The van der Waals surface area contributed by atoms with Crippen LogP contribution < -0.4 is 9.47 Å². The summed E-state index contributed by atoms with van der Waals surface area (Å²) in [5.41, 5.74) is 2.76. The lowest BCUT2D eigenvalue weighted by atomic mass is 10.0. The van der Waals surface area contributed by atoms with E-state index in [2.05, 4.69) is 0 Å². The summed E-state index contributed by atoms with van der Waals surface area (Å²) < 4.78 is 38.0. The van der Waals surface area contributed by atoms with E-state index in [4.69, 9.17) is 13.7 Å². The SMILES string of the molecule is CC(OS(=O)[O-])c1cc2c(cc1OCc1ccccc1)CCO2. The largest absolute Gasteiger partial charge is 0.750 e. The predicted octanol–water partition coefficient (Wildman–Crippen LogP) is 3.07. The summed E-state index contributed by atoms with van der Waals surface area (Å²) in [5.74, 6) is 1.38. The van der Waals surface area contributed by atoms with Crippen molar-refractivity contribution in [3.05, 3.63) is 59.2 Å². The third-order valence-corrected chi connectivity index (χ3v) is 4.17. The second-order valence-corrected chi connectivity index (χ2v) is 5.91. The minimum atomic E-state index is -2.59. The first kappa shape index (κ1) is 16.0. The Kier molecular flexibility index (Phi) is 4.95. The van der Waals surface area contributed by atoms with Crippen LogP contribution in [-0.2, 0) is 28.6 Å². The van der Waals surface area contributed by atoms with Gasteiger partial charge in [0.05, 0.1) is 24.1 Å². The van der Waals surface area contributed by atoms with Crippen molar-refractivity contribution in [3.8, 4) is 11.5 Å². The molecule has 0 bridgehead atoms. The average Bonchev–Trinajstić information content (AvgIpc) is 2.99. The number of hydrogen-bond acceptors (Lipinski definition) is 5. The number of benzene rings is 2. The van der Waals surface area contributed by atoms with Crippen LogP contribution in [0.5, 0.6) is 11.5 Å². The summed E-state index contributed by atoms with van der Waals surface area (Å²) in [5, 5.41) is 0. The van der Waals surface area contributed by atoms with Crippen LogP contribution in [0.3, 0.4) is 0 Å². The van der Waals surface area contributed by atoms with Crippen molar-refractivity contribution in [2.45, 2.75) is 26.1 Å². The third kappa shape index (κ3) is 3.90. The maximum Gasteiger partial charge on any atom is 0.126 e. The Morgan fingerprint density at radius 1 is 1.30 bits per heavy atom. The molecule has 0 saturated carbocycles. The van der Waals surface area contributed by atoms with E-state index in [9.17, 15) is 8.76 Å².